The number of nitrogens with zero attached hydrogens (tertiary/aromatic N) is 4. The van der Waals surface area contributed by atoms with E-state index in [9.17, 15) is 9.59 Å². The fraction of sp³-hybridized carbons (Fsp3) is 0.520. The average Bonchev–Trinajstić information content (AvgIpc) is 2.79. The molecule has 1 fully saturated rings. The van der Waals surface area contributed by atoms with Crippen LogP contribution in [0, 0.1) is 19.8 Å². The van der Waals surface area contributed by atoms with Crippen molar-refractivity contribution in [2.24, 2.45) is 5.92 Å². The number of likely N-dealkylation sites (N-methyl/N-ethyl adjacent to an activating group) is 2. The SMILES string of the molecule is CCN1CCC(C(=O)NCCN(C)C)C(Nc2cc(C)nc(NC(=O)Nc3ccc(C)cc3)n2)C1. The molecule has 0 bridgehead atoms. The van der Waals surface area contributed by atoms with Gasteiger partial charge in [0, 0.05) is 37.1 Å². The summed E-state index contributed by atoms with van der Waals surface area (Å²) in [7, 11) is 3.97. The van der Waals surface area contributed by atoms with Crippen LogP contribution in [0.5, 0.6) is 0 Å². The zero-order valence-corrected chi connectivity index (χ0v) is 21.4. The number of nitrogens with one attached hydrogen (secondary N) is 4. The lowest BCUT2D eigenvalue weighted by molar-refractivity contribution is -0.126. The summed E-state index contributed by atoms with van der Waals surface area (Å²) in [4.78, 5) is 38.6. The number of likely N-dealkylation sites (tertiary alicyclic amines) is 1. The molecular formula is C25H38N8O2. The smallest absolute Gasteiger partial charge is 0.326 e. The summed E-state index contributed by atoms with van der Waals surface area (Å²) < 4.78 is 0. The molecule has 0 radical (unpaired) electrons. The normalized spacial score (nSPS) is 18.2. The third kappa shape index (κ3) is 8.18. The number of carbonyl (C=O) groups is 2. The minimum atomic E-state index is -0.418. The number of rotatable bonds is 9. The number of aryl methyl sites for hydroxylation is 2. The first-order chi connectivity index (χ1) is 16.7. The lowest BCUT2D eigenvalue weighted by atomic mass is 9.90. The molecule has 0 saturated carbocycles. The molecule has 2 aromatic rings. The van der Waals surface area contributed by atoms with Crippen molar-refractivity contribution in [2.75, 3.05) is 62.8 Å². The molecular weight excluding hydrogens is 444 g/mol. The Morgan fingerprint density at radius 1 is 1.11 bits per heavy atom. The highest BCUT2D eigenvalue weighted by atomic mass is 16.2. The number of piperidine rings is 1. The van der Waals surface area contributed by atoms with Gasteiger partial charge in [-0.1, -0.05) is 24.6 Å². The van der Waals surface area contributed by atoms with Gasteiger partial charge >= 0.3 is 6.03 Å². The Morgan fingerprint density at radius 2 is 1.86 bits per heavy atom. The lowest BCUT2D eigenvalue weighted by Crippen LogP contribution is -2.53. The van der Waals surface area contributed by atoms with Gasteiger partial charge in [-0.25, -0.2) is 9.78 Å². The van der Waals surface area contributed by atoms with Crippen LogP contribution in [0.15, 0.2) is 30.3 Å². The van der Waals surface area contributed by atoms with E-state index < -0.39 is 6.03 Å². The van der Waals surface area contributed by atoms with Crippen LogP contribution < -0.4 is 21.3 Å². The Balaban J connectivity index is 1.68. The van der Waals surface area contributed by atoms with Crippen molar-refractivity contribution in [3.8, 4) is 0 Å². The summed E-state index contributed by atoms with van der Waals surface area (Å²) in [6, 6.07) is 8.84. The molecule has 2 atom stereocenters. The molecule has 35 heavy (non-hydrogen) atoms. The molecule has 1 aromatic carbocycles. The molecule has 4 N–H and O–H groups in total. The Hall–Kier alpha value is -3.24. The van der Waals surface area contributed by atoms with Gasteiger partial charge in [0.1, 0.15) is 5.82 Å². The van der Waals surface area contributed by atoms with Crippen LogP contribution in [0.3, 0.4) is 0 Å². The maximum Gasteiger partial charge on any atom is 0.326 e. The van der Waals surface area contributed by atoms with Gasteiger partial charge in [0.05, 0.1) is 12.0 Å². The van der Waals surface area contributed by atoms with Gasteiger partial charge in [-0.3, -0.25) is 10.1 Å². The van der Waals surface area contributed by atoms with Gasteiger partial charge < -0.3 is 25.8 Å². The van der Waals surface area contributed by atoms with E-state index in [1.54, 1.807) is 0 Å². The first kappa shape index (κ1) is 26.4. The van der Waals surface area contributed by atoms with E-state index in [0.29, 0.717) is 23.7 Å². The van der Waals surface area contributed by atoms with Crippen LogP contribution in [0.2, 0.25) is 0 Å². The summed E-state index contributed by atoms with van der Waals surface area (Å²) >= 11 is 0. The van der Waals surface area contributed by atoms with E-state index in [4.69, 9.17) is 0 Å². The molecule has 10 nitrogen and oxygen atoms in total. The van der Waals surface area contributed by atoms with Crippen LogP contribution >= 0.6 is 0 Å². The van der Waals surface area contributed by atoms with Crippen LogP contribution in [0.1, 0.15) is 24.6 Å². The molecule has 1 aliphatic heterocycles. The quantitative estimate of drug-likeness (QED) is 0.434. The zero-order chi connectivity index (χ0) is 25.4. The maximum absolute atomic E-state index is 13.0. The summed E-state index contributed by atoms with van der Waals surface area (Å²) in [6.45, 7) is 9.91. The van der Waals surface area contributed by atoms with E-state index in [1.165, 1.54) is 0 Å². The van der Waals surface area contributed by atoms with E-state index >= 15 is 0 Å². The van der Waals surface area contributed by atoms with Crippen molar-refractivity contribution in [3.05, 3.63) is 41.6 Å². The van der Waals surface area contributed by atoms with E-state index in [0.717, 1.165) is 38.2 Å². The monoisotopic (exact) mass is 482 g/mol. The van der Waals surface area contributed by atoms with Gasteiger partial charge in [-0.05, 0) is 59.6 Å². The predicted octanol–water partition coefficient (Wildman–Crippen LogP) is 2.54. The van der Waals surface area contributed by atoms with Crippen LogP contribution in [0.25, 0.3) is 0 Å². The molecule has 0 aliphatic carbocycles. The molecule has 2 heterocycles. The first-order valence-electron chi connectivity index (χ1n) is 12.1. The molecule has 10 heteroatoms. The van der Waals surface area contributed by atoms with Gasteiger partial charge in [0.15, 0.2) is 0 Å². The Kier molecular flexibility index (Phi) is 9.39. The van der Waals surface area contributed by atoms with E-state index in [-0.39, 0.29) is 23.8 Å². The Bertz CT molecular complexity index is 995. The van der Waals surface area contributed by atoms with Gasteiger partial charge in [0.25, 0.3) is 0 Å². The number of carbonyl (C=O) groups excluding carboxylic acids is 2. The molecule has 3 rings (SSSR count). The second-order valence-corrected chi connectivity index (χ2v) is 9.30. The van der Waals surface area contributed by atoms with Crippen molar-refractivity contribution >= 4 is 29.4 Å². The number of hydrogen-bond donors (Lipinski definition) is 4. The fourth-order valence-corrected chi connectivity index (χ4v) is 4.09. The van der Waals surface area contributed by atoms with Crippen LogP contribution in [-0.2, 0) is 4.79 Å². The molecule has 2 unspecified atom stereocenters. The number of amides is 3. The molecule has 1 aliphatic rings. The Morgan fingerprint density at radius 3 is 2.54 bits per heavy atom. The maximum atomic E-state index is 13.0. The highest BCUT2D eigenvalue weighted by molar-refractivity contribution is 5.98. The van der Waals surface area contributed by atoms with Crippen molar-refractivity contribution in [1.82, 2.24) is 25.1 Å². The largest absolute Gasteiger partial charge is 0.365 e. The lowest BCUT2D eigenvalue weighted by Gasteiger charge is -2.38. The number of hydrogen-bond acceptors (Lipinski definition) is 7. The minimum Gasteiger partial charge on any atom is -0.365 e. The number of urea groups is 1. The second kappa shape index (κ2) is 12.5. The summed E-state index contributed by atoms with van der Waals surface area (Å²) in [6.07, 6.45) is 0.771. The minimum absolute atomic E-state index is 0.0571. The first-order valence-corrected chi connectivity index (χ1v) is 12.1. The van der Waals surface area contributed by atoms with Gasteiger partial charge in [0.2, 0.25) is 11.9 Å². The van der Waals surface area contributed by atoms with Crippen molar-refractivity contribution < 1.29 is 9.59 Å². The van der Waals surface area contributed by atoms with Crippen LogP contribution in [0.4, 0.5) is 22.2 Å². The average molecular weight is 483 g/mol. The molecule has 1 saturated heterocycles. The second-order valence-electron chi connectivity index (χ2n) is 9.30. The third-order valence-electron chi connectivity index (χ3n) is 6.06. The van der Waals surface area contributed by atoms with Crippen molar-refractivity contribution in [2.45, 2.75) is 33.2 Å². The highest BCUT2D eigenvalue weighted by Crippen LogP contribution is 2.22. The summed E-state index contributed by atoms with van der Waals surface area (Å²) in [5, 5.41) is 12.0. The zero-order valence-electron chi connectivity index (χ0n) is 21.4. The molecule has 0 spiro atoms. The topological polar surface area (TPSA) is 115 Å². The summed E-state index contributed by atoms with van der Waals surface area (Å²) in [5.74, 6) is 0.669. The van der Waals surface area contributed by atoms with Crippen LogP contribution in [-0.4, -0.2) is 84.6 Å². The van der Waals surface area contributed by atoms with Gasteiger partial charge in [-0.15, -0.1) is 0 Å². The number of aromatic nitrogens is 2. The number of benzene rings is 1. The van der Waals surface area contributed by atoms with E-state index in [2.05, 4.69) is 43.1 Å². The molecule has 1 aromatic heterocycles. The highest BCUT2D eigenvalue weighted by Gasteiger charge is 2.34. The van der Waals surface area contributed by atoms with E-state index in [1.807, 2.05) is 63.2 Å². The standard InChI is InChI=1S/C25H38N8O2/c1-6-33-13-11-20(23(34)26-12-14-32(4)5)21(16-33)29-22-15-18(3)27-24(30-22)31-25(35)28-19-9-7-17(2)8-10-19/h7-10,15,20-21H,6,11-14,16H2,1-5H3,(H,26,34)(H3,27,28,29,30,31,35). The van der Waals surface area contributed by atoms with Crippen molar-refractivity contribution in [1.29, 1.82) is 0 Å². The number of anilines is 3. The van der Waals surface area contributed by atoms with Gasteiger partial charge in [-0.2, -0.15) is 4.98 Å². The fourth-order valence-electron chi connectivity index (χ4n) is 4.09. The third-order valence-corrected chi connectivity index (χ3v) is 6.06. The predicted molar refractivity (Wildman–Crippen MR) is 140 cm³/mol. The molecule has 190 valence electrons. The molecule has 3 amide bonds. The summed E-state index contributed by atoms with van der Waals surface area (Å²) in [5.41, 5.74) is 2.51. The van der Waals surface area contributed by atoms with Crippen molar-refractivity contribution in [3.63, 3.8) is 0 Å². The Labute approximate surface area is 207 Å².